The number of rotatable bonds is 51. The minimum Gasteiger partial charge on any atom is -0.457 e. The molecular weight excluding hydrogens is 794 g/mol. The number of phosphoric ester groups is 1. The van der Waals surface area contributed by atoms with Gasteiger partial charge in [-0.25, -0.2) is 4.57 Å². The summed E-state index contributed by atoms with van der Waals surface area (Å²) in [6.45, 7) is 4.95. The molecule has 8 nitrogen and oxygen atoms in total. The highest BCUT2D eigenvalue weighted by atomic mass is 31.2. The Kier molecular flexibility index (Phi) is 49.7. The van der Waals surface area contributed by atoms with E-state index in [1.54, 1.807) is 0 Å². The lowest BCUT2D eigenvalue weighted by atomic mass is 10.0. The normalized spacial score (nSPS) is 13.5. The Morgan fingerprint density at radius 1 is 0.484 bits per heavy atom. The van der Waals surface area contributed by atoms with Gasteiger partial charge in [0.05, 0.1) is 19.8 Å². The summed E-state index contributed by atoms with van der Waals surface area (Å²) in [6.07, 6.45) is 60.4. The fourth-order valence-electron chi connectivity index (χ4n) is 7.61. The van der Waals surface area contributed by atoms with E-state index in [1.165, 1.54) is 199 Å². The predicted octanol–water partition coefficient (Wildman–Crippen LogP) is 16.5. The molecule has 366 valence electrons. The van der Waals surface area contributed by atoms with Crippen LogP contribution in [0.25, 0.3) is 0 Å². The summed E-state index contributed by atoms with van der Waals surface area (Å²) in [5, 5.41) is 0. The molecule has 0 amide bonds. The highest BCUT2D eigenvalue weighted by molar-refractivity contribution is 7.47. The van der Waals surface area contributed by atoms with Crippen molar-refractivity contribution in [1.29, 1.82) is 0 Å². The second-order valence-corrected chi connectivity index (χ2v) is 19.2. The van der Waals surface area contributed by atoms with Crippen molar-refractivity contribution < 1.29 is 32.8 Å². The Morgan fingerprint density at radius 3 is 1.27 bits per heavy atom. The molecule has 3 N–H and O–H groups in total. The van der Waals surface area contributed by atoms with Crippen LogP contribution in [0.5, 0.6) is 0 Å². The molecule has 2 atom stereocenters. The monoisotopic (exact) mass is 896 g/mol. The number of hydrogen-bond acceptors (Lipinski definition) is 7. The standard InChI is InChI=1S/C53H102NO7P/c1-3-5-7-9-11-13-15-17-19-21-23-24-25-26-27-29-31-33-35-37-39-41-43-45-48-58-50-52(51-60-62(56,57)59-49-47-54)61-53(55)46-44-42-40-38-36-34-32-30-28-22-20-18-16-14-12-10-8-6-4-2/h15,17-18,20-21,23,52H,3-14,16,19,22,24-51,54H2,1-2H3,(H,56,57)/b17-15-,20-18-,23-21-. The molecule has 0 saturated heterocycles. The number of allylic oxidation sites excluding steroid dienone is 6. The molecule has 0 rings (SSSR count). The van der Waals surface area contributed by atoms with Crippen LogP contribution >= 0.6 is 7.82 Å². The van der Waals surface area contributed by atoms with E-state index in [2.05, 4.69) is 50.3 Å². The average Bonchev–Trinajstić information content (AvgIpc) is 3.26. The number of carbonyl (C=O) groups is 1. The number of ether oxygens (including phenoxy) is 2. The Balaban J connectivity index is 3.91. The molecule has 62 heavy (non-hydrogen) atoms. The van der Waals surface area contributed by atoms with Gasteiger partial charge in [0.2, 0.25) is 0 Å². The van der Waals surface area contributed by atoms with E-state index in [-0.39, 0.29) is 32.3 Å². The molecule has 0 aliphatic heterocycles. The van der Waals surface area contributed by atoms with Gasteiger partial charge in [0.15, 0.2) is 0 Å². The summed E-state index contributed by atoms with van der Waals surface area (Å²) < 4.78 is 33.6. The van der Waals surface area contributed by atoms with Gasteiger partial charge in [0, 0.05) is 19.6 Å². The summed E-state index contributed by atoms with van der Waals surface area (Å²) in [5.41, 5.74) is 5.39. The zero-order valence-corrected chi connectivity index (χ0v) is 41.8. The predicted molar refractivity (Wildman–Crippen MR) is 266 cm³/mol. The first kappa shape index (κ1) is 60.7. The lowest BCUT2D eigenvalue weighted by Gasteiger charge is -2.20. The Bertz CT molecular complexity index is 1050. The van der Waals surface area contributed by atoms with Crippen molar-refractivity contribution in [2.24, 2.45) is 5.73 Å². The van der Waals surface area contributed by atoms with Gasteiger partial charge in [-0.3, -0.25) is 13.8 Å². The minimum absolute atomic E-state index is 0.0952. The first-order valence-electron chi connectivity index (χ1n) is 26.5. The first-order valence-corrected chi connectivity index (χ1v) is 28.0. The molecule has 0 spiro atoms. The lowest BCUT2D eigenvalue weighted by molar-refractivity contribution is -0.154. The van der Waals surface area contributed by atoms with Crippen molar-refractivity contribution in [2.75, 3.05) is 33.0 Å². The van der Waals surface area contributed by atoms with Crippen molar-refractivity contribution in [3.8, 4) is 0 Å². The summed E-state index contributed by atoms with van der Waals surface area (Å²) in [7, 11) is -4.28. The maximum absolute atomic E-state index is 12.7. The van der Waals surface area contributed by atoms with Gasteiger partial charge < -0.3 is 20.1 Å². The molecule has 0 aliphatic carbocycles. The fraction of sp³-hybridized carbons (Fsp3) is 0.868. The maximum Gasteiger partial charge on any atom is 0.472 e. The van der Waals surface area contributed by atoms with Crippen LogP contribution in [0.2, 0.25) is 0 Å². The summed E-state index contributed by atoms with van der Waals surface area (Å²) >= 11 is 0. The lowest BCUT2D eigenvalue weighted by Crippen LogP contribution is -2.28. The van der Waals surface area contributed by atoms with Crippen molar-refractivity contribution in [1.82, 2.24) is 0 Å². The average molecular weight is 896 g/mol. The molecule has 0 bridgehead atoms. The molecule has 0 radical (unpaired) electrons. The SMILES string of the molecule is CCCCCCC/C=C\C/C=C\CCCCCCCCCCCCCCOCC(COP(=O)(O)OCCN)OC(=O)CCCCCCCCCCC/C=C\CCCCCCCC. The van der Waals surface area contributed by atoms with Crippen LogP contribution in [-0.2, 0) is 27.9 Å². The Hall–Kier alpha value is -1.28. The summed E-state index contributed by atoms with van der Waals surface area (Å²) in [5.74, 6) is -0.329. The van der Waals surface area contributed by atoms with Gasteiger partial charge >= 0.3 is 13.8 Å². The second kappa shape index (κ2) is 50.7. The van der Waals surface area contributed by atoms with Crippen LogP contribution in [0.15, 0.2) is 36.5 Å². The van der Waals surface area contributed by atoms with Crippen molar-refractivity contribution in [3.05, 3.63) is 36.5 Å². The van der Waals surface area contributed by atoms with Gasteiger partial charge in [0.25, 0.3) is 0 Å². The number of carbonyl (C=O) groups excluding carboxylic acids is 1. The molecule has 0 fully saturated rings. The van der Waals surface area contributed by atoms with Crippen molar-refractivity contribution in [2.45, 2.75) is 264 Å². The quantitative estimate of drug-likeness (QED) is 0.0268. The molecule has 0 aromatic heterocycles. The number of nitrogens with two attached hydrogens (primary N) is 1. The zero-order chi connectivity index (χ0) is 45.1. The van der Waals surface area contributed by atoms with Gasteiger partial charge in [-0.05, 0) is 70.6 Å². The van der Waals surface area contributed by atoms with E-state index >= 15 is 0 Å². The molecule has 0 saturated carbocycles. The van der Waals surface area contributed by atoms with E-state index in [0.29, 0.717) is 13.0 Å². The Morgan fingerprint density at radius 2 is 0.855 bits per heavy atom. The first-order chi connectivity index (χ1) is 30.4. The third-order valence-electron chi connectivity index (χ3n) is 11.5. The summed E-state index contributed by atoms with van der Waals surface area (Å²) in [6, 6.07) is 0. The molecule has 2 unspecified atom stereocenters. The van der Waals surface area contributed by atoms with Gasteiger partial charge in [-0.15, -0.1) is 0 Å². The maximum atomic E-state index is 12.7. The molecule has 0 aliphatic rings. The third kappa shape index (κ3) is 49.7. The molecule has 0 heterocycles. The largest absolute Gasteiger partial charge is 0.472 e. The van der Waals surface area contributed by atoms with Gasteiger partial charge in [-0.1, -0.05) is 217 Å². The van der Waals surface area contributed by atoms with Crippen molar-refractivity contribution >= 4 is 13.8 Å². The van der Waals surface area contributed by atoms with E-state index in [1.807, 2.05) is 0 Å². The molecule has 0 aromatic carbocycles. The number of hydrogen-bond donors (Lipinski definition) is 2. The van der Waals surface area contributed by atoms with Crippen LogP contribution < -0.4 is 5.73 Å². The van der Waals surface area contributed by atoms with E-state index in [0.717, 1.165) is 38.5 Å². The number of esters is 1. The highest BCUT2D eigenvalue weighted by Crippen LogP contribution is 2.43. The van der Waals surface area contributed by atoms with Crippen LogP contribution in [0.3, 0.4) is 0 Å². The third-order valence-corrected chi connectivity index (χ3v) is 12.5. The molecule has 0 aromatic rings. The van der Waals surface area contributed by atoms with Crippen molar-refractivity contribution in [3.63, 3.8) is 0 Å². The highest BCUT2D eigenvalue weighted by Gasteiger charge is 2.25. The zero-order valence-electron chi connectivity index (χ0n) is 40.9. The fourth-order valence-corrected chi connectivity index (χ4v) is 8.38. The smallest absolute Gasteiger partial charge is 0.457 e. The topological polar surface area (TPSA) is 117 Å². The Labute approximate surface area is 384 Å². The van der Waals surface area contributed by atoms with Crippen LogP contribution in [-0.4, -0.2) is 49.9 Å². The van der Waals surface area contributed by atoms with Crippen LogP contribution in [0.1, 0.15) is 258 Å². The number of phosphoric acid groups is 1. The van der Waals surface area contributed by atoms with E-state index < -0.39 is 13.9 Å². The second-order valence-electron chi connectivity index (χ2n) is 17.7. The minimum atomic E-state index is -4.28. The van der Waals surface area contributed by atoms with Gasteiger partial charge in [-0.2, -0.15) is 0 Å². The van der Waals surface area contributed by atoms with Gasteiger partial charge in [0.1, 0.15) is 6.10 Å². The van der Waals surface area contributed by atoms with E-state index in [9.17, 15) is 14.3 Å². The summed E-state index contributed by atoms with van der Waals surface area (Å²) in [4.78, 5) is 22.6. The molecule has 9 heteroatoms. The van der Waals surface area contributed by atoms with Crippen LogP contribution in [0, 0.1) is 0 Å². The van der Waals surface area contributed by atoms with Crippen LogP contribution in [0.4, 0.5) is 0 Å². The molecular formula is C53H102NO7P. The van der Waals surface area contributed by atoms with E-state index in [4.69, 9.17) is 24.3 Å². The number of unbranched alkanes of at least 4 members (excludes halogenated alkanes) is 32.